The van der Waals surface area contributed by atoms with Crippen molar-refractivity contribution in [3.05, 3.63) is 36.7 Å². The number of nitrogens with zero attached hydrogens (tertiary/aromatic N) is 6. The first kappa shape index (κ1) is 19.2. The zero-order valence-corrected chi connectivity index (χ0v) is 17.1. The molecule has 0 unspecified atom stereocenters. The molecule has 152 valence electrons. The van der Waals surface area contributed by atoms with E-state index in [1.165, 1.54) is 0 Å². The Bertz CT molecular complexity index is 990. The number of anilines is 1. The summed E-state index contributed by atoms with van der Waals surface area (Å²) in [5.41, 5.74) is 3.55. The Kier molecular flexibility index (Phi) is 5.33. The lowest BCUT2D eigenvalue weighted by Gasteiger charge is -2.36. The summed E-state index contributed by atoms with van der Waals surface area (Å²) in [5.74, 6) is 1.42. The van der Waals surface area contributed by atoms with E-state index in [0.29, 0.717) is 25.4 Å². The minimum absolute atomic E-state index is 0.237. The summed E-state index contributed by atoms with van der Waals surface area (Å²) < 4.78 is 6.96. The minimum Gasteiger partial charge on any atom is -0.497 e. The molecule has 8 heteroatoms. The molecule has 1 aliphatic rings. The van der Waals surface area contributed by atoms with Crippen molar-refractivity contribution in [2.24, 2.45) is 5.92 Å². The molecule has 4 rings (SSSR count). The lowest BCUT2D eigenvalue weighted by Crippen LogP contribution is -2.49. The van der Waals surface area contributed by atoms with Gasteiger partial charge < -0.3 is 14.5 Å². The summed E-state index contributed by atoms with van der Waals surface area (Å²) >= 11 is 0. The lowest BCUT2D eigenvalue weighted by molar-refractivity contribution is -0.132. The molecule has 0 bridgehead atoms. The van der Waals surface area contributed by atoms with E-state index in [0.717, 1.165) is 41.4 Å². The van der Waals surface area contributed by atoms with Crippen LogP contribution in [0.5, 0.6) is 5.75 Å². The van der Waals surface area contributed by atoms with Crippen LogP contribution < -0.4 is 9.64 Å². The normalized spacial score (nSPS) is 14.6. The molecule has 0 atom stereocenters. The predicted molar refractivity (Wildman–Crippen MR) is 111 cm³/mol. The highest BCUT2D eigenvalue weighted by Crippen LogP contribution is 2.28. The van der Waals surface area contributed by atoms with Gasteiger partial charge in [-0.1, -0.05) is 13.8 Å². The number of aromatic nitrogens is 4. The zero-order valence-electron chi connectivity index (χ0n) is 17.1. The third-order valence-corrected chi connectivity index (χ3v) is 5.19. The van der Waals surface area contributed by atoms with E-state index in [9.17, 15) is 4.79 Å². The van der Waals surface area contributed by atoms with Crippen molar-refractivity contribution in [3.8, 4) is 17.0 Å². The first-order chi connectivity index (χ1) is 14.0. The molecule has 3 aromatic rings. The second kappa shape index (κ2) is 8.06. The standard InChI is InChI=1S/C21H26N6O2/c1-15(2)12-20(28)26-10-8-25(9-11-26)19-13-18(24-27-14-22-23-21(19)27)16-4-6-17(29-3)7-5-16/h4-7,13-15H,8-12H2,1-3H3. The van der Waals surface area contributed by atoms with Gasteiger partial charge in [-0.15, -0.1) is 10.2 Å². The molecule has 0 saturated carbocycles. The average Bonchev–Trinajstić information content (AvgIpc) is 3.21. The molecule has 0 N–H and O–H groups in total. The van der Waals surface area contributed by atoms with E-state index < -0.39 is 0 Å². The van der Waals surface area contributed by atoms with Gasteiger partial charge in [-0.05, 0) is 36.2 Å². The highest BCUT2D eigenvalue weighted by molar-refractivity contribution is 5.78. The molecule has 1 aliphatic heterocycles. The van der Waals surface area contributed by atoms with Crippen LogP contribution in [0.3, 0.4) is 0 Å². The van der Waals surface area contributed by atoms with E-state index in [1.807, 2.05) is 29.2 Å². The van der Waals surface area contributed by atoms with Gasteiger partial charge in [0.2, 0.25) is 11.6 Å². The zero-order chi connectivity index (χ0) is 20.4. The maximum absolute atomic E-state index is 12.4. The Morgan fingerprint density at radius 3 is 2.52 bits per heavy atom. The van der Waals surface area contributed by atoms with Gasteiger partial charge in [-0.25, -0.2) is 0 Å². The molecule has 0 aliphatic carbocycles. The van der Waals surface area contributed by atoms with Crippen LogP contribution in [0.2, 0.25) is 0 Å². The molecule has 1 saturated heterocycles. The van der Waals surface area contributed by atoms with Gasteiger partial charge in [0.15, 0.2) is 0 Å². The van der Waals surface area contributed by atoms with Crippen molar-refractivity contribution in [2.75, 3.05) is 38.2 Å². The molecule has 2 aromatic heterocycles. The van der Waals surface area contributed by atoms with Crippen molar-refractivity contribution in [1.29, 1.82) is 0 Å². The van der Waals surface area contributed by atoms with Gasteiger partial charge in [0.1, 0.15) is 12.1 Å². The Balaban J connectivity index is 1.59. The molecule has 1 aromatic carbocycles. The quantitative estimate of drug-likeness (QED) is 0.662. The Labute approximate surface area is 170 Å². The summed E-state index contributed by atoms with van der Waals surface area (Å²) in [7, 11) is 1.65. The van der Waals surface area contributed by atoms with Crippen LogP contribution in [0.1, 0.15) is 20.3 Å². The van der Waals surface area contributed by atoms with Crippen molar-refractivity contribution in [1.82, 2.24) is 24.7 Å². The maximum atomic E-state index is 12.4. The second-order valence-corrected chi connectivity index (χ2v) is 7.71. The number of piperazine rings is 1. The number of rotatable bonds is 5. The molecule has 1 fully saturated rings. The molecular weight excluding hydrogens is 368 g/mol. The fourth-order valence-corrected chi connectivity index (χ4v) is 3.62. The summed E-state index contributed by atoms with van der Waals surface area (Å²) in [5, 5.41) is 12.9. The number of amides is 1. The van der Waals surface area contributed by atoms with E-state index in [4.69, 9.17) is 4.74 Å². The molecule has 0 radical (unpaired) electrons. The van der Waals surface area contributed by atoms with Gasteiger partial charge in [0.25, 0.3) is 0 Å². The van der Waals surface area contributed by atoms with Crippen LogP contribution in [0.25, 0.3) is 16.9 Å². The fourth-order valence-electron chi connectivity index (χ4n) is 3.62. The van der Waals surface area contributed by atoms with Gasteiger partial charge in [-0.2, -0.15) is 9.61 Å². The number of carbonyl (C=O) groups is 1. The van der Waals surface area contributed by atoms with Crippen LogP contribution in [-0.4, -0.2) is 63.9 Å². The Morgan fingerprint density at radius 2 is 1.86 bits per heavy atom. The number of ether oxygens (including phenoxy) is 1. The number of fused-ring (bicyclic) bond motifs is 1. The van der Waals surface area contributed by atoms with Gasteiger partial charge >= 0.3 is 0 Å². The van der Waals surface area contributed by atoms with Crippen LogP contribution in [-0.2, 0) is 4.79 Å². The molecule has 3 heterocycles. The summed E-state index contributed by atoms with van der Waals surface area (Å²) in [6.45, 7) is 7.11. The van der Waals surface area contributed by atoms with Crippen molar-refractivity contribution < 1.29 is 9.53 Å². The summed E-state index contributed by atoms with van der Waals surface area (Å²) in [4.78, 5) is 16.6. The first-order valence-electron chi connectivity index (χ1n) is 9.93. The number of methoxy groups -OCH3 is 1. The molecule has 29 heavy (non-hydrogen) atoms. The second-order valence-electron chi connectivity index (χ2n) is 7.71. The largest absolute Gasteiger partial charge is 0.497 e. The Hall–Kier alpha value is -3.16. The SMILES string of the molecule is COc1ccc(-c2cc(N3CCN(C(=O)CC(C)C)CC3)c3nncn3n2)cc1. The minimum atomic E-state index is 0.237. The Morgan fingerprint density at radius 1 is 1.14 bits per heavy atom. The highest BCUT2D eigenvalue weighted by atomic mass is 16.5. The molecule has 0 spiro atoms. The smallest absolute Gasteiger partial charge is 0.222 e. The van der Waals surface area contributed by atoms with Gasteiger partial charge in [0, 0.05) is 38.2 Å². The maximum Gasteiger partial charge on any atom is 0.222 e. The number of hydrogen-bond donors (Lipinski definition) is 0. The third-order valence-electron chi connectivity index (χ3n) is 5.19. The summed E-state index contributed by atoms with van der Waals surface area (Å²) in [6.07, 6.45) is 2.22. The first-order valence-corrected chi connectivity index (χ1v) is 9.93. The van der Waals surface area contributed by atoms with Crippen LogP contribution in [0.4, 0.5) is 5.69 Å². The molecule has 1 amide bonds. The number of hydrogen-bond acceptors (Lipinski definition) is 6. The molecular formula is C21H26N6O2. The average molecular weight is 394 g/mol. The van der Waals surface area contributed by atoms with E-state index >= 15 is 0 Å². The predicted octanol–water partition coefficient (Wildman–Crippen LogP) is 2.49. The van der Waals surface area contributed by atoms with Gasteiger partial charge in [-0.3, -0.25) is 4.79 Å². The van der Waals surface area contributed by atoms with Crippen LogP contribution in [0, 0.1) is 5.92 Å². The van der Waals surface area contributed by atoms with E-state index in [1.54, 1.807) is 18.0 Å². The monoisotopic (exact) mass is 394 g/mol. The topological polar surface area (TPSA) is 75.9 Å². The third kappa shape index (κ3) is 4.01. The van der Waals surface area contributed by atoms with Gasteiger partial charge in [0.05, 0.1) is 18.5 Å². The fraction of sp³-hybridized carbons (Fsp3) is 0.429. The van der Waals surface area contributed by atoms with Crippen molar-refractivity contribution in [2.45, 2.75) is 20.3 Å². The van der Waals surface area contributed by atoms with Crippen molar-refractivity contribution in [3.63, 3.8) is 0 Å². The van der Waals surface area contributed by atoms with E-state index in [-0.39, 0.29) is 5.91 Å². The number of carbonyl (C=O) groups excluding carboxylic acids is 1. The van der Waals surface area contributed by atoms with Crippen LogP contribution >= 0.6 is 0 Å². The highest BCUT2D eigenvalue weighted by Gasteiger charge is 2.24. The van der Waals surface area contributed by atoms with Crippen molar-refractivity contribution >= 4 is 17.2 Å². The number of benzene rings is 1. The lowest BCUT2D eigenvalue weighted by atomic mass is 10.1. The van der Waals surface area contributed by atoms with E-state index in [2.05, 4.69) is 40.1 Å². The summed E-state index contributed by atoms with van der Waals surface area (Å²) in [6, 6.07) is 9.88. The molecule has 8 nitrogen and oxygen atoms in total. The van der Waals surface area contributed by atoms with Crippen LogP contribution in [0.15, 0.2) is 36.7 Å².